The SMILES string of the molecule is CCCCOC(=O)C1CSCN1C(=O)/C=C/c1ccccc1. The molecule has 0 radical (unpaired) electrons. The molecule has 1 aliphatic rings. The summed E-state index contributed by atoms with van der Waals surface area (Å²) >= 11 is 1.58. The van der Waals surface area contributed by atoms with Gasteiger partial charge < -0.3 is 9.64 Å². The number of rotatable bonds is 6. The maximum absolute atomic E-state index is 12.3. The van der Waals surface area contributed by atoms with Gasteiger partial charge >= 0.3 is 5.97 Å². The number of nitrogens with zero attached hydrogens (tertiary/aromatic N) is 1. The first-order valence-corrected chi connectivity index (χ1v) is 8.66. The molecule has 0 saturated carbocycles. The van der Waals surface area contributed by atoms with Gasteiger partial charge in [-0.1, -0.05) is 43.7 Å². The van der Waals surface area contributed by atoms with Crippen molar-refractivity contribution in [2.75, 3.05) is 18.2 Å². The molecular formula is C17H21NO3S. The van der Waals surface area contributed by atoms with E-state index in [1.54, 1.807) is 22.7 Å². The van der Waals surface area contributed by atoms with Crippen LogP contribution in [0, 0.1) is 0 Å². The molecule has 0 bridgehead atoms. The summed E-state index contributed by atoms with van der Waals surface area (Å²) in [7, 11) is 0. The first-order valence-electron chi connectivity index (χ1n) is 7.50. The minimum absolute atomic E-state index is 0.147. The Hall–Kier alpha value is -1.75. The zero-order chi connectivity index (χ0) is 15.8. The summed E-state index contributed by atoms with van der Waals surface area (Å²) in [4.78, 5) is 25.9. The van der Waals surface area contributed by atoms with Crippen LogP contribution in [0.5, 0.6) is 0 Å². The molecule has 1 heterocycles. The first-order chi connectivity index (χ1) is 10.7. The summed E-state index contributed by atoms with van der Waals surface area (Å²) in [6.45, 7) is 2.47. The summed E-state index contributed by atoms with van der Waals surface area (Å²) in [5.74, 6) is 0.702. The molecule has 4 nitrogen and oxygen atoms in total. The maximum atomic E-state index is 12.3. The molecule has 0 aromatic heterocycles. The van der Waals surface area contributed by atoms with Crippen molar-refractivity contribution in [3.63, 3.8) is 0 Å². The average molecular weight is 319 g/mol. The largest absolute Gasteiger partial charge is 0.464 e. The predicted octanol–water partition coefficient (Wildman–Crippen LogP) is 2.94. The third kappa shape index (κ3) is 4.63. The molecule has 1 aromatic carbocycles. The van der Waals surface area contributed by atoms with E-state index in [4.69, 9.17) is 4.74 Å². The number of ether oxygens (including phenoxy) is 1. The number of carbonyl (C=O) groups is 2. The quantitative estimate of drug-likeness (QED) is 0.459. The van der Waals surface area contributed by atoms with Crippen molar-refractivity contribution in [3.8, 4) is 0 Å². The van der Waals surface area contributed by atoms with Crippen molar-refractivity contribution in [1.82, 2.24) is 4.90 Å². The van der Waals surface area contributed by atoms with E-state index in [1.807, 2.05) is 37.3 Å². The second-order valence-corrected chi connectivity index (χ2v) is 6.09. The lowest BCUT2D eigenvalue weighted by Gasteiger charge is -2.20. The van der Waals surface area contributed by atoms with Crippen molar-refractivity contribution in [2.45, 2.75) is 25.8 Å². The molecule has 1 aliphatic heterocycles. The Bertz CT molecular complexity index is 530. The van der Waals surface area contributed by atoms with E-state index in [0.29, 0.717) is 18.2 Å². The molecule has 5 heteroatoms. The van der Waals surface area contributed by atoms with Gasteiger partial charge in [0.05, 0.1) is 12.5 Å². The molecule has 1 fully saturated rings. The Morgan fingerprint density at radius 1 is 1.36 bits per heavy atom. The Balaban J connectivity index is 1.93. The molecule has 1 atom stereocenters. The Morgan fingerprint density at radius 2 is 2.14 bits per heavy atom. The molecule has 0 N–H and O–H groups in total. The van der Waals surface area contributed by atoms with Crippen molar-refractivity contribution >= 4 is 29.7 Å². The zero-order valence-electron chi connectivity index (χ0n) is 12.7. The monoisotopic (exact) mass is 319 g/mol. The fraction of sp³-hybridized carbons (Fsp3) is 0.412. The number of benzene rings is 1. The van der Waals surface area contributed by atoms with Gasteiger partial charge in [0.1, 0.15) is 6.04 Å². The lowest BCUT2D eigenvalue weighted by atomic mass is 10.2. The van der Waals surface area contributed by atoms with Crippen LogP contribution in [0.3, 0.4) is 0 Å². The van der Waals surface area contributed by atoms with Crippen LogP contribution in [0.2, 0.25) is 0 Å². The average Bonchev–Trinajstić information content (AvgIpc) is 3.03. The molecule has 0 aliphatic carbocycles. The highest BCUT2D eigenvalue weighted by Crippen LogP contribution is 2.22. The second kappa shape index (κ2) is 8.63. The number of amides is 1. The van der Waals surface area contributed by atoms with Crippen molar-refractivity contribution in [1.29, 1.82) is 0 Å². The Kier molecular flexibility index (Phi) is 6.52. The van der Waals surface area contributed by atoms with Gasteiger partial charge in [-0.15, -0.1) is 11.8 Å². The molecule has 1 amide bonds. The fourth-order valence-corrected chi connectivity index (χ4v) is 3.24. The lowest BCUT2D eigenvalue weighted by Crippen LogP contribution is -2.42. The molecule has 1 unspecified atom stereocenters. The predicted molar refractivity (Wildman–Crippen MR) is 89.3 cm³/mol. The van der Waals surface area contributed by atoms with Gasteiger partial charge in [0, 0.05) is 11.8 Å². The number of hydrogen-bond acceptors (Lipinski definition) is 4. The molecular weight excluding hydrogens is 298 g/mol. The standard InChI is InChI=1S/C17H21NO3S/c1-2-3-11-21-17(20)15-12-22-13-18(15)16(19)10-9-14-7-5-4-6-8-14/h4-10,15H,2-3,11-13H2,1H3/b10-9+. The van der Waals surface area contributed by atoms with E-state index in [-0.39, 0.29) is 11.9 Å². The molecule has 22 heavy (non-hydrogen) atoms. The van der Waals surface area contributed by atoms with E-state index < -0.39 is 6.04 Å². The van der Waals surface area contributed by atoms with Gasteiger partial charge in [0.2, 0.25) is 5.91 Å². The number of thioether (sulfide) groups is 1. The highest BCUT2D eigenvalue weighted by Gasteiger charge is 2.34. The van der Waals surface area contributed by atoms with E-state index in [9.17, 15) is 9.59 Å². The van der Waals surface area contributed by atoms with Crippen LogP contribution in [-0.2, 0) is 14.3 Å². The maximum Gasteiger partial charge on any atom is 0.329 e. The number of carbonyl (C=O) groups excluding carboxylic acids is 2. The second-order valence-electron chi connectivity index (χ2n) is 5.09. The van der Waals surface area contributed by atoms with Gasteiger partial charge in [-0.2, -0.15) is 0 Å². The smallest absolute Gasteiger partial charge is 0.329 e. The van der Waals surface area contributed by atoms with E-state index in [1.165, 1.54) is 6.08 Å². The third-order valence-electron chi connectivity index (χ3n) is 3.40. The molecule has 1 saturated heterocycles. The van der Waals surface area contributed by atoms with Gasteiger partial charge in [-0.25, -0.2) is 4.79 Å². The molecule has 1 aromatic rings. The van der Waals surface area contributed by atoms with Crippen LogP contribution in [0.15, 0.2) is 36.4 Å². The summed E-state index contributed by atoms with van der Waals surface area (Å²) in [6, 6.07) is 9.17. The minimum atomic E-state index is -0.463. The topological polar surface area (TPSA) is 46.6 Å². The van der Waals surface area contributed by atoms with Crippen LogP contribution < -0.4 is 0 Å². The summed E-state index contributed by atoms with van der Waals surface area (Å²) in [5.41, 5.74) is 0.963. The molecule has 2 rings (SSSR count). The van der Waals surface area contributed by atoms with E-state index in [2.05, 4.69) is 0 Å². The van der Waals surface area contributed by atoms with Crippen LogP contribution >= 0.6 is 11.8 Å². The van der Waals surface area contributed by atoms with Crippen LogP contribution in [0.25, 0.3) is 6.08 Å². The number of hydrogen-bond donors (Lipinski definition) is 0. The van der Waals surface area contributed by atoms with Gasteiger partial charge in [0.25, 0.3) is 0 Å². The van der Waals surface area contributed by atoms with Crippen molar-refractivity contribution < 1.29 is 14.3 Å². The van der Waals surface area contributed by atoms with Crippen molar-refractivity contribution in [3.05, 3.63) is 42.0 Å². The minimum Gasteiger partial charge on any atom is -0.464 e. The van der Waals surface area contributed by atoms with Gasteiger partial charge in [0.15, 0.2) is 0 Å². The summed E-state index contributed by atoms with van der Waals surface area (Å²) < 4.78 is 5.24. The van der Waals surface area contributed by atoms with Gasteiger partial charge in [-0.3, -0.25) is 4.79 Å². The first kappa shape index (κ1) is 16.6. The van der Waals surface area contributed by atoms with E-state index >= 15 is 0 Å². The Labute approximate surface area is 135 Å². The molecule has 118 valence electrons. The molecule has 0 spiro atoms. The summed E-state index contributed by atoms with van der Waals surface area (Å²) in [6.07, 6.45) is 5.13. The zero-order valence-corrected chi connectivity index (χ0v) is 13.6. The lowest BCUT2D eigenvalue weighted by molar-refractivity contribution is -0.151. The summed E-state index contributed by atoms with van der Waals surface area (Å²) in [5, 5.41) is 0. The van der Waals surface area contributed by atoms with Crippen molar-refractivity contribution in [2.24, 2.45) is 0 Å². The normalized spacial score (nSPS) is 17.9. The number of unbranched alkanes of at least 4 members (excludes halogenated alkanes) is 1. The van der Waals surface area contributed by atoms with Crippen LogP contribution in [0.4, 0.5) is 0 Å². The highest BCUT2D eigenvalue weighted by atomic mass is 32.2. The highest BCUT2D eigenvalue weighted by molar-refractivity contribution is 7.99. The number of esters is 1. The third-order valence-corrected chi connectivity index (χ3v) is 4.41. The van der Waals surface area contributed by atoms with Crippen LogP contribution in [-0.4, -0.2) is 41.1 Å². The van der Waals surface area contributed by atoms with Gasteiger partial charge in [-0.05, 0) is 18.1 Å². The van der Waals surface area contributed by atoms with E-state index in [0.717, 1.165) is 18.4 Å². The Morgan fingerprint density at radius 3 is 2.86 bits per heavy atom. The fourth-order valence-electron chi connectivity index (χ4n) is 2.10. The van der Waals surface area contributed by atoms with Crippen LogP contribution in [0.1, 0.15) is 25.3 Å².